The van der Waals surface area contributed by atoms with E-state index in [2.05, 4.69) is 24.4 Å². The third kappa shape index (κ3) is 3.33. The minimum absolute atomic E-state index is 0.236. The Kier molecular flexibility index (Phi) is 5.05. The van der Waals surface area contributed by atoms with Crippen LogP contribution in [0.2, 0.25) is 0 Å². The molecule has 1 aliphatic heterocycles. The maximum atomic E-state index is 12.5. The van der Waals surface area contributed by atoms with Gasteiger partial charge in [0.1, 0.15) is 5.75 Å². The molecule has 0 aliphatic carbocycles. The van der Waals surface area contributed by atoms with Crippen LogP contribution < -0.4 is 10.1 Å². The monoisotopic (exact) mass is 275 g/mol. The molecule has 3 nitrogen and oxygen atoms in total. The number of hydrogen-bond acceptors (Lipinski definition) is 2. The van der Waals surface area contributed by atoms with Crippen molar-refractivity contribution >= 4 is 5.91 Å². The topological polar surface area (TPSA) is 38.3 Å². The number of carbonyl (C=O) groups is 1. The SMILES string of the molecule is CCCC1(Cc2cccc(OC)c2)CCCCNC1=O. The fourth-order valence-electron chi connectivity index (χ4n) is 3.24. The predicted octanol–water partition coefficient (Wildman–Crippen LogP) is 3.32. The lowest BCUT2D eigenvalue weighted by Gasteiger charge is -2.31. The summed E-state index contributed by atoms with van der Waals surface area (Å²) >= 11 is 0. The Labute approximate surface area is 121 Å². The third-order valence-corrected chi connectivity index (χ3v) is 4.25. The van der Waals surface area contributed by atoms with Gasteiger partial charge in [0.05, 0.1) is 12.5 Å². The van der Waals surface area contributed by atoms with E-state index in [1.165, 1.54) is 5.56 Å². The zero-order valence-corrected chi connectivity index (χ0v) is 12.6. The van der Waals surface area contributed by atoms with E-state index in [9.17, 15) is 4.79 Å². The number of carbonyl (C=O) groups excluding carboxylic acids is 1. The number of hydrogen-bond donors (Lipinski definition) is 1. The molecule has 1 saturated heterocycles. The van der Waals surface area contributed by atoms with Crippen molar-refractivity contribution in [3.05, 3.63) is 29.8 Å². The van der Waals surface area contributed by atoms with Gasteiger partial charge >= 0.3 is 0 Å². The van der Waals surface area contributed by atoms with Crippen LogP contribution in [0.4, 0.5) is 0 Å². The zero-order valence-electron chi connectivity index (χ0n) is 12.6. The average Bonchev–Trinajstić information content (AvgIpc) is 2.63. The van der Waals surface area contributed by atoms with Crippen LogP contribution in [0.15, 0.2) is 24.3 Å². The van der Waals surface area contributed by atoms with Crippen molar-refractivity contribution in [3.63, 3.8) is 0 Å². The van der Waals surface area contributed by atoms with Crippen LogP contribution in [0, 0.1) is 5.41 Å². The molecule has 110 valence electrons. The van der Waals surface area contributed by atoms with E-state index in [4.69, 9.17) is 4.74 Å². The van der Waals surface area contributed by atoms with Gasteiger partial charge in [-0.3, -0.25) is 4.79 Å². The maximum Gasteiger partial charge on any atom is 0.226 e. The highest BCUT2D eigenvalue weighted by molar-refractivity contribution is 5.83. The summed E-state index contributed by atoms with van der Waals surface area (Å²) in [4.78, 5) is 12.5. The first-order valence-electron chi connectivity index (χ1n) is 7.61. The van der Waals surface area contributed by atoms with Crippen molar-refractivity contribution in [2.75, 3.05) is 13.7 Å². The van der Waals surface area contributed by atoms with E-state index >= 15 is 0 Å². The molecule has 0 radical (unpaired) electrons. The molecule has 0 saturated carbocycles. The summed E-state index contributed by atoms with van der Waals surface area (Å²) in [7, 11) is 1.68. The van der Waals surface area contributed by atoms with Crippen LogP contribution in [0.1, 0.15) is 44.6 Å². The number of benzene rings is 1. The second kappa shape index (κ2) is 6.78. The van der Waals surface area contributed by atoms with E-state index in [1.54, 1.807) is 7.11 Å². The molecule has 1 atom stereocenters. The highest BCUT2D eigenvalue weighted by Crippen LogP contribution is 2.36. The van der Waals surface area contributed by atoms with Crippen molar-refractivity contribution in [1.82, 2.24) is 5.32 Å². The highest BCUT2D eigenvalue weighted by Gasteiger charge is 2.38. The molecular weight excluding hydrogens is 250 g/mol. The van der Waals surface area contributed by atoms with E-state index < -0.39 is 0 Å². The molecule has 2 rings (SSSR count). The molecule has 1 heterocycles. The van der Waals surface area contributed by atoms with Crippen molar-refractivity contribution < 1.29 is 9.53 Å². The van der Waals surface area contributed by atoms with Crippen LogP contribution in [0.3, 0.4) is 0 Å². The minimum Gasteiger partial charge on any atom is -0.497 e. The average molecular weight is 275 g/mol. The van der Waals surface area contributed by atoms with Crippen molar-refractivity contribution in [2.24, 2.45) is 5.41 Å². The van der Waals surface area contributed by atoms with E-state index in [-0.39, 0.29) is 11.3 Å². The summed E-state index contributed by atoms with van der Waals surface area (Å²) < 4.78 is 5.29. The van der Waals surface area contributed by atoms with Gasteiger partial charge in [0.2, 0.25) is 5.91 Å². The Hall–Kier alpha value is -1.51. The summed E-state index contributed by atoms with van der Waals surface area (Å²) in [6.07, 6.45) is 6.01. The van der Waals surface area contributed by atoms with Crippen LogP contribution in [0.25, 0.3) is 0 Å². The Balaban J connectivity index is 2.24. The van der Waals surface area contributed by atoms with Gasteiger partial charge in [-0.2, -0.15) is 0 Å². The molecule has 0 bridgehead atoms. The molecule has 1 fully saturated rings. The summed E-state index contributed by atoms with van der Waals surface area (Å²) in [5.74, 6) is 1.10. The molecular formula is C17H25NO2. The van der Waals surface area contributed by atoms with Gasteiger partial charge in [-0.1, -0.05) is 31.9 Å². The molecule has 1 aromatic rings. The van der Waals surface area contributed by atoms with Crippen LogP contribution in [0.5, 0.6) is 5.75 Å². The van der Waals surface area contributed by atoms with Gasteiger partial charge in [0.25, 0.3) is 0 Å². The summed E-state index contributed by atoms with van der Waals surface area (Å²) in [5, 5.41) is 3.10. The first kappa shape index (κ1) is 14.9. The van der Waals surface area contributed by atoms with Crippen molar-refractivity contribution in [1.29, 1.82) is 0 Å². The van der Waals surface area contributed by atoms with Crippen LogP contribution in [-0.4, -0.2) is 19.6 Å². The lowest BCUT2D eigenvalue weighted by molar-refractivity contribution is -0.131. The number of rotatable bonds is 5. The Morgan fingerprint density at radius 3 is 2.95 bits per heavy atom. The fraction of sp³-hybridized carbons (Fsp3) is 0.588. The quantitative estimate of drug-likeness (QED) is 0.895. The molecule has 0 aromatic heterocycles. The van der Waals surface area contributed by atoms with Crippen molar-refractivity contribution in [2.45, 2.75) is 45.4 Å². The van der Waals surface area contributed by atoms with Gasteiger partial charge in [0.15, 0.2) is 0 Å². The molecule has 1 unspecified atom stereocenters. The molecule has 3 heteroatoms. The summed E-state index contributed by atoms with van der Waals surface area (Å²) in [6, 6.07) is 8.10. The van der Waals surface area contributed by atoms with Gasteiger partial charge < -0.3 is 10.1 Å². The lowest BCUT2D eigenvalue weighted by Crippen LogP contribution is -2.41. The Morgan fingerprint density at radius 2 is 2.20 bits per heavy atom. The highest BCUT2D eigenvalue weighted by atomic mass is 16.5. The largest absolute Gasteiger partial charge is 0.497 e. The van der Waals surface area contributed by atoms with Gasteiger partial charge in [0, 0.05) is 6.54 Å². The zero-order chi connectivity index (χ0) is 14.4. The molecule has 1 N–H and O–H groups in total. The van der Waals surface area contributed by atoms with Gasteiger partial charge in [-0.15, -0.1) is 0 Å². The Bertz CT molecular complexity index is 458. The number of amides is 1. The molecule has 1 aliphatic rings. The molecule has 1 aromatic carbocycles. The molecule has 20 heavy (non-hydrogen) atoms. The minimum atomic E-state index is -0.238. The standard InChI is InChI=1S/C17H25NO2/c1-3-9-17(10-4-5-11-18-16(17)19)13-14-7-6-8-15(12-14)20-2/h6-8,12H,3-5,9-11,13H2,1-2H3,(H,18,19). The second-order valence-corrected chi connectivity index (χ2v) is 5.77. The van der Waals surface area contributed by atoms with E-state index in [1.807, 2.05) is 12.1 Å². The van der Waals surface area contributed by atoms with Crippen molar-refractivity contribution in [3.8, 4) is 5.75 Å². The predicted molar refractivity (Wildman–Crippen MR) is 80.9 cm³/mol. The smallest absolute Gasteiger partial charge is 0.226 e. The van der Waals surface area contributed by atoms with Gasteiger partial charge in [-0.05, 0) is 43.4 Å². The molecule has 1 amide bonds. The number of nitrogens with one attached hydrogen (secondary N) is 1. The number of methoxy groups -OCH3 is 1. The first-order chi connectivity index (χ1) is 9.70. The number of ether oxygens (including phenoxy) is 1. The van der Waals surface area contributed by atoms with Gasteiger partial charge in [-0.25, -0.2) is 0 Å². The first-order valence-corrected chi connectivity index (χ1v) is 7.61. The second-order valence-electron chi connectivity index (χ2n) is 5.77. The third-order valence-electron chi connectivity index (χ3n) is 4.25. The maximum absolute atomic E-state index is 12.5. The normalized spacial score (nSPS) is 23.0. The lowest BCUT2D eigenvalue weighted by atomic mass is 9.74. The Morgan fingerprint density at radius 1 is 1.35 bits per heavy atom. The fourth-order valence-corrected chi connectivity index (χ4v) is 3.24. The summed E-state index contributed by atoms with van der Waals surface area (Å²) in [6.45, 7) is 2.98. The van der Waals surface area contributed by atoms with Crippen LogP contribution >= 0.6 is 0 Å². The van der Waals surface area contributed by atoms with E-state index in [0.29, 0.717) is 0 Å². The van der Waals surface area contributed by atoms with Crippen LogP contribution in [-0.2, 0) is 11.2 Å². The molecule has 0 spiro atoms. The van der Waals surface area contributed by atoms with E-state index in [0.717, 1.165) is 50.8 Å². The summed E-state index contributed by atoms with van der Waals surface area (Å²) in [5.41, 5.74) is 0.951.